The van der Waals surface area contributed by atoms with Crippen LogP contribution in [0.25, 0.3) is 0 Å². The minimum absolute atomic E-state index is 0.111. The minimum Gasteiger partial charge on any atom is -0.391 e. The van der Waals surface area contributed by atoms with E-state index in [1.165, 1.54) is 0 Å². The third-order valence-corrected chi connectivity index (χ3v) is 2.25. The van der Waals surface area contributed by atoms with Gasteiger partial charge in [0.1, 0.15) is 0 Å². The number of rotatable bonds is 4. The Morgan fingerprint density at radius 3 is 2.46 bits per heavy atom. The molecule has 1 aromatic rings. The predicted molar refractivity (Wildman–Crippen MR) is 54.4 cm³/mol. The highest BCUT2D eigenvalue weighted by molar-refractivity contribution is 5.15. The maximum atomic E-state index is 9.65. The van der Waals surface area contributed by atoms with Gasteiger partial charge in [0.2, 0.25) is 0 Å². The highest BCUT2D eigenvalue weighted by atomic mass is 16.3. The van der Waals surface area contributed by atoms with Crippen LogP contribution in [0.4, 0.5) is 0 Å². The third-order valence-electron chi connectivity index (χ3n) is 2.25. The fourth-order valence-corrected chi connectivity index (χ4v) is 1.28. The van der Waals surface area contributed by atoms with Gasteiger partial charge in [-0.15, -0.1) is 0 Å². The van der Waals surface area contributed by atoms with Gasteiger partial charge in [-0.2, -0.15) is 0 Å². The van der Waals surface area contributed by atoms with Gasteiger partial charge in [0.25, 0.3) is 0 Å². The summed E-state index contributed by atoms with van der Waals surface area (Å²) in [6.07, 6.45) is 1.04. The van der Waals surface area contributed by atoms with E-state index < -0.39 is 6.10 Å². The largest absolute Gasteiger partial charge is 0.391 e. The van der Waals surface area contributed by atoms with Crippen LogP contribution in [-0.4, -0.2) is 17.3 Å². The number of nitrogens with two attached hydrogens (primary N) is 1. The zero-order valence-corrected chi connectivity index (χ0v) is 7.98. The molecule has 1 rings (SSSR count). The Kier molecular flexibility index (Phi) is 3.93. The van der Waals surface area contributed by atoms with E-state index in [0.29, 0.717) is 6.42 Å². The first-order chi connectivity index (χ1) is 6.24. The molecule has 0 saturated carbocycles. The summed E-state index contributed by atoms with van der Waals surface area (Å²) in [5.74, 6) is 0. The van der Waals surface area contributed by atoms with Crippen molar-refractivity contribution in [3.8, 4) is 0 Å². The molecule has 3 N–H and O–H groups in total. The van der Waals surface area contributed by atoms with Crippen molar-refractivity contribution in [1.29, 1.82) is 0 Å². The number of aliphatic hydroxyl groups is 1. The maximum Gasteiger partial charge on any atom is 0.0731 e. The quantitative estimate of drug-likeness (QED) is 0.732. The molecule has 2 atom stereocenters. The average molecular weight is 179 g/mol. The monoisotopic (exact) mass is 179 g/mol. The molecular formula is C11H17NO. The van der Waals surface area contributed by atoms with Crippen molar-refractivity contribution in [1.82, 2.24) is 0 Å². The summed E-state index contributed by atoms with van der Waals surface area (Å²) >= 11 is 0. The fraction of sp³-hybridized carbons (Fsp3) is 0.455. The molecule has 0 heterocycles. The lowest BCUT2D eigenvalue weighted by Gasteiger charge is -2.16. The van der Waals surface area contributed by atoms with Crippen LogP contribution in [0.5, 0.6) is 0 Å². The second-order valence-corrected chi connectivity index (χ2v) is 3.33. The second kappa shape index (κ2) is 5.00. The summed E-state index contributed by atoms with van der Waals surface area (Å²) in [6, 6.07) is 9.81. The van der Waals surface area contributed by atoms with Crippen LogP contribution in [0.1, 0.15) is 18.9 Å². The highest BCUT2D eigenvalue weighted by Crippen LogP contribution is 2.06. The highest BCUT2D eigenvalue weighted by Gasteiger charge is 2.12. The number of benzene rings is 1. The van der Waals surface area contributed by atoms with Gasteiger partial charge in [0.15, 0.2) is 0 Å². The van der Waals surface area contributed by atoms with Gasteiger partial charge in [0, 0.05) is 6.04 Å². The Hall–Kier alpha value is -0.860. The summed E-state index contributed by atoms with van der Waals surface area (Å²) < 4.78 is 0. The molecule has 0 aliphatic heterocycles. The first kappa shape index (κ1) is 10.2. The minimum atomic E-state index is -0.424. The summed E-state index contributed by atoms with van der Waals surface area (Å²) in [4.78, 5) is 0. The Bertz CT molecular complexity index is 235. The Balaban J connectivity index is 2.50. The van der Waals surface area contributed by atoms with E-state index in [-0.39, 0.29) is 6.04 Å². The van der Waals surface area contributed by atoms with E-state index in [1.54, 1.807) is 0 Å². The van der Waals surface area contributed by atoms with Crippen molar-refractivity contribution < 1.29 is 5.11 Å². The van der Waals surface area contributed by atoms with E-state index in [0.717, 1.165) is 12.0 Å². The molecular weight excluding hydrogens is 162 g/mol. The molecule has 0 saturated heterocycles. The lowest BCUT2D eigenvalue weighted by atomic mass is 10.0. The van der Waals surface area contributed by atoms with Crippen molar-refractivity contribution >= 4 is 0 Å². The molecule has 1 aromatic carbocycles. The summed E-state index contributed by atoms with van der Waals surface area (Å²) in [5.41, 5.74) is 6.85. The van der Waals surface area contributed by atoms with Crippen molar-refractivity contribution in [2.75, 3.05) is 0 Å². The van der Waals surface area contributed by atoms with Gasteiger partial charge in [-0.1, -0.05) is 37.3 Å². The number of hydrogen-bond acceptors (Lipinski definition) is 2. The molecule has 0 aromatic heterocycles. The van der Waals surface area contributed by atoms with Crippen LogP contribution >= 0.6 is 0 Å². The van der Waals surface area contributed by atoms with E-state index in [4.69, 9.17) is 5.73 Å². The molecule has 2 nitrogen and oxygen atoms in total. The zero-order valence-electron chi connectivity index (χ0n) is 7.98. The average Bonchev–Trinajstić information content (AvgIpc) is 2.18. The summed E-state index contributed by atoms with van der Waals surface area (Å²) in [5, 5.41) is 9.65. The van der Waals surface area contributed by atoms with E-state index >= 15 is 0 Å². The topological polar surface area (TPSA) is 46.2 Å². The van der Waals surface area contributed by atoms with Crippen molar-refractivity contribution in [3.63, 3.8) is 0 Å². The smallest absolute Gasteiger partial charge is 0.0731 e. The van der Waals surface area contributed by atoms with Gasteiger partial charge in [-0.05, 0) is 18.4 Å². The van der Waals surface area contributed by atoms with Crippen molar-refractivity contribution in [3.05, 3.63) is 35.9 Å². The van der Waals surface area contributed by atoms with Gasteiger partial charge in [0.05, 0.1) is 6.10 Å². The summed E-state index contributed by atoms with van der Waals surface area (Å²) in [6.45, 7) is 1.98. The van der Waals surface area contributed by atoms with Gasteiger partial charge in [-0.3, -0.25) is 0 Å². The van der Waals surface area contributed by atoms with E-state index in [2.05, 4.69) is 0 Å². The molecule has 0 aliphatic rings. The van der Waals surface area contributed by atoms with Crippen LogP contribution in [0.2, 0.25) is 0 Å². The molecule has 2 unspecified atom stereocenters. The molecule has 13 heavy (non-hydrogen) atoms. The standard InChI is InChI=1S/C11H17NO/c1-2-10(12)11(13)8-9-6-4-3-5-7-9/h3-7,10-11,13H,2,8,12H2,1H3. The number of hydrogen-bond donors (Lipinski definition) is 2. The van der Waals surface area contributed by atoms with Gasteiger partial charge < -0.3 is 10.8 Å². The third kappa shape index (κ3) is 3.17. The lowest BCUT2D eigenvalue weighted by molar-refractivity contribution is 0.142. The lowest BCUT2D eigenvalue weighted by Crippen LogP contribution is -2.35. The van der Waals surface area contributed by atoms with Crippen molar-refractivity contribution in [2.24, 2.45) is 5.73 Å². The molecule has 0 radical (unpaired) electrons. The predicted octanol–water partition coefficient (Wildman–Crippen LogP) is 1.33. The Morgan fingerprint density at radius 1 is 1.31 bits per heavy atom. The van der Waals surface area contributed by atoms with Crippen LogP contribution in [0, 0.1) is 0 Å². The molecule has 2 heteroatoms. The molecule has 0 bridgehead atoms. The summed E-state index contributed by atoms with van der Waals surface area (Å²) in [7, 11) is 0. The Labute approximate surface area is 79.4 Å². The van der Waals surface area contributed by atoms with Gasteiger partial charge in [-0.25, -0.2) is 0 Å². The molecule has 0 aliphatic carbocycles. The molecule has 0 amide bonds. The fourth-order valence-electron chi connectivity index (χ4n) is 1.28. The SMILES string of the molecule is CCC(N)C(O)Cc1ccccc1. The Morgan fingerprint density at radius 2 is 1.92 bits per heavy atom. The normalized spacial score (nSPS) is 15.3. The molecule has 0 fully saturated rings. The first-order valence-electron chi connectivity index (χ1n) is 4.71. The van der Waals surface area contributed by atoms with E-state index in [1.807, 2.05) is 37.3 Å². The maximum absolute atomic E-state index is 9.65. The second-order valence-electron chi connectivity index (χ2n) is 3.33. The van der Waals surface area contributed by atoms with Gasteiger partial charge >= 0.3 is 0 Å². The molecule has 72 valence electrons. The zero-order chi connectivity index (χ0) is 9.68. The molecule has 0 spiro atoms. The van der Waals surface area contributed by atoms with Crippen LogP contribution in [0.15, 0.2) is 30.3 Å². The van der Waals surface area contributed by atoms with Crippen LogP contribution in [0.3, 0.4) is 0 Å². The van der Waals surface area contributed by atoms with Crippen molar-refractivity contribution in [2.45, 2.75) is 31.9 Å². The van der Waals surface area contributed by atoms with Crippen LogP contribution < -0.4 is 5.73 Å². The first-order valence-corrected chi connectivity index (χ1v) is 4.71. The van der Waals surface area contributed by atoms with Crippen LogP contribution in [-0.2, 0) is 6.42 Å². The number of aliphatic hydroxyl groups excluding tert-OH is 1. The van der Waals surface area contributed by atoms with E-state index in [9.17, 15) is 5.11 Å².